The summed E-state index contributed by atoms with van der Waals surface area (Å²) in [7, 11) is 0. The maximum absolute atomic E-state index is 12.8. The van der Waals surface area contributed by atoms with Crippen LogP contribution in [0, 0.1) is 5.92 Å². The monoisotopic (exact) mass is 408 g/mol. The Balaban J connectivity index is 1.62. The van der Waals surface area contributed by atoms with Crippen LogP contribution in [0.3, 0.4) is 0 Å². The molecule has 0 aromatic heterocycles. The molecule has 3 amide bonds. The molecule has 1 spiro atoms. The van der Waals surface area contributed by atoms with Gasteiger partial charge in [-0.1, -0.05) is 53.9 Å². The van der Waals surface area contributed by atoms with Crippen molar-refractivity contribution in [2.75, 3.05) is 6.54 Å². The van der Waals surface area contributed by atoms with E-state index in [4.69, 9.17) is 4.74 Å². The normalized spacial score (nSPS) is 26.0. The number of imide groups is 1. The van der Waals surface area contributed by atoms with E-state index in [1.165, 1.54) is 0 Å². The van der Waals surface area contributed by atoms with E-state index in [1.54, 1.807) is 0 Å². The van der Waals surface area contributed by atoms with Crippen LogP contribution in [0.25, 0.3) is 0 Å². The van der Waals surface area contributed by atoms with Crippen LogP contribution in [-0.2, 0) is 20.9 Å². The maximum Gasteiger partial charge on any atom is 0.326 e. The predicted octanol–water partition coefficient (Wildman–Crippen LogP) is 2.99. The molecule has 25 heavy (non-hydrogen) atoms. The van der Waals surface area contributed by atoms with Gasteiger partial charge in [0.2, 0.25) is 0 Å². The lowest BCUT2D eigenvalue weighted by atomic mass is 9.73. The molecule has 7 heteroatoms. The molecule has 1 saturated heterocycles. The molecule has 2 atom stereocenters. The minimum atomic E-state index is -0.849. The second-order valence-electron chi connectivity index (χ2n) is 6.69. The summed E-state index contributed by atoms with van der Waals surface area (Å²) in [6, 6.07) is 6.91. The molecule has 2 aliphatic rings. The topological polar surface area (TPSA) is 75.7 Å². The van der Waals surface area contributed by atoms with Crippen molar-refractivity contribution in [3.8, 4) is 0 Å². The molecule has 1 saturated carbocycles. The number of halogens is 1. The Hall–Kier alpha value is -1.89. The van der Waals surface area contributed by atoms with Gasteiger partial charge in [0, 0.05) is 10.0 Å². The zero-order valence-corrected chi connectivity index (χ0v) is 15.7. The highest BCUT2D eigenvalue weighted by atomic mass is 79.9. The number of carbonyl (C=O) groups is 3. The highest BCUT2D eigenvalue weighted by Crippen LogP contribution is 2.38. The Morgan fingerprint density at radius 1 is 1.36 bits per heavy atom. The molecule has 0 bridgehead atoms. The number of nitrogens with one attached hydrogen (secondary N) is 1. The Morgan fingerprint density at radius 2 is 2.12 bits per heavy atom. The lowest BCUT2D eigenvalue weighted by molar-refractivity contribution is -0.149. The van der Waals surface area contributed by atoms with Crippen LogP contribution in [0.15, 0.2) is 28.7 Å². The first-order valence-electron chi connectivity index (χ1n) is 8.47. The fourth-order valence-electron chi connectivity index (χ4n) is 3.59. The molecular formula is C18H21BrN2O4. The number of esters is 1. The number of urea groups is 1. The summed E-state index contributed by atoms with van der Waals surface area (Å²) in [5.41, 5.74) is -0.0247. The van der Waals surface area contributed by atoms with E-state index in [0.29, 0.717) is 6.42 Å². The Labute approximate surface area is 155 Å². The Morgan fingerprint density at radius 3 is 2.84 bits per heavy atom. The lowest BCUT2D eigenvalue weighted by Crippen LogP contribution is -2.54. The Kier molecular flexibility index (Phi) is 5.13. The van der Waals surface area contributed by atoms with E-state index in [1.807, 2.05) is 31.2 Å². The number of ether oxygens (including phenoxy) is 1. The number of carbonyl (C=O) groups excluding carboxylic acids is 3. The van der Waals surface area contributed by atoms with Gasteiger partial charge in [-0.05, 0) is 24.8 Å². The van der Waals surface area contributed by atoms with Crippen LogP contribution < -0.4 is 5.32 Å². The van der Waals surface area contributed by atoms with Crippen molar-refractivity contribution in [3.05, 3.63) is 34.3 Å². The predicted molar refractivity (Wildman–Crippen MR) is 94.5 cm³/mol. The molecule has 1 aromatic carbocycles. The summed E-state index contributed by atoms with van der Waals surface area (Å²) in [6.45, 7) is 1.71. The van der Waals surface area contributed by atoms with E-state index >= 15 is 0 Å². The van der Waals surface area contributed by atoms with Gasteiger partial charge < -0.3 is 10.1 Å². The van der Waals surface area contributed by atoms with Gasteiger partial charge in [-0.3, -0.25) is 14.5 Å². The van der Waals surface area contributed by atoms with Gasteiger partial charge in [-0.25, -0.2) is 4.79 Å². The molecule has 1 aliphatic carbocycles. The number of hydrogen-bond acceptors (Lipinski definition) is 4. The molecule has 0 unspecified atom stereocenters. The van der Waals surface area contributed by atoms with Crippen LogP contribution in [0.5, 0.6) is 0 Å². The van der Waals surface area contributed by atoms with Crippen LogP contribution in [0.2, 0.25) is 0 Å². The molecule has 0 radical (unpaired) electrons. The number of hydrogen-bond donors (Lipinski definition) is 1. The van der Waals surface area contributed by atoms with Crippen LogP contribution in [-0.4, -0.2) is 34.9 Å². The lowest BCUT2D eigenvalue weighted by Gasteiger charge is -2.36. The standard InChI is InChI=1S/C18H21BrN2O4/c1-12-6-4-5-9-18(12)16(23)21(17(24)20-18)10-15(22)25-11-13-7-2-3-8-14(13)19/h2-3,7-8,12H,4-6,9-11H2,1H3,(H,20,24)/t12-,18+/m0/s1. The highest BCUT2D eigenvalue weighted by Gasteiger charge is 2.55. The zero-order valence-electron chi connectivity index (χ0n) is 14.1. The smallest absolute Gasteiger partial charge is 0.326 e. The van der Waals surface area contributed by atoms with Crippen molar-refractivity contribution >= 4 is 33.8 Å². The van der Waals surface area contributed by atoms with Gasteiger partial charge in [0.25, 0.3) is 5.91 Å². The third kappa shape index (κ3) is 3.42. The van der Waals surface area contributed by atoms with Gasteiger partial charge in [-0.15, -0.1) is 0 Å². The van der Waals surface area contributed by atoms with Crippen molar-refractivity contribution in [1.82, 2.24) is 10.2 Å². The quantitative estimate of drug-likeness (QED) is 0.613. The fraction of sp³-hybridized carbons (Fsp3) is 0.500. The minimum absolute atomic E-state index is 0.0685. The number of rotatable bonds is 4. The second-order valence-corrected chi connectivity index (χ2v) is 7.55. The van der Waals surface area contributed by atoms with Gasteiger partial charge in [-0.2, -0.15) is 0 Å². The maximum atomic E-state index is 12.8. The van der Waals surface area contributed by atoms with Gasteiger partial charge in [0.15, 0.2) is 0 Å². The number of benzene rings is 1. The largest absolute Gasteiger partial charge is 0.459 e. The van der Waals surface area contributed by atoms with Crippen LogP contribution in [0.1, 0.15) is 38.2 Å². The van der Waals surface area contributed by atoms with Crippen molar-refractivity contribution in [2.24, 2.45) is 5.92 Å². The molecule has 1 heterocycles. The summed E-state index contributed by atoms with van der Waals surface area (Å²) in [6.07, 6.45) is 3.48. The molecular weight excluding hydrogens is 388 g/mol. The fourth-order valence-corrected chi connectivity index (χ4v) is 3.99. The number of amides is 3. The summed E-state index contributed by atoms with van der Waals surface area (Å²) in [5.74, 6) is -0.832. The molecule has 2 fully saturated rings. The SMILES string of the molecule is C[C@H]1CCCC[C@@]12NC(=O)N(CC(=O)OCc1ccccc1Br)C2=O. The number of nitrogens with zero attached hydrogens (tertiary/aromatic N) is 1. The van der Waals surface area contributed by atoms with Crippen molar-refractivity contribution in [2.45, 2.75) is 44.8 Å². The van der Waals surface area contributed by atoms with E-state index in [0.717, 1.165) is 34.2 Å². The summed E-state index contributed by atoms with van der Waals surface area (Å²) in [4.78, 5) is 38.1. The first-order chi connectivity index (χ1) is 11.9. The van der Waals surface area contributed by atoms with Gasteiger partial charge in [0.05, 0.1) is 0 Å². The third-order valence-corrected chi connectivity index (χ3v) is 5.91. The average Bonchev–Trinajstić information content (AvgIpc) is 2.82. The van der Waals surface area contributed by atoms with Crippen molar-refractivity contribution in [1.29, 1.82) is 0 Å². The first kappa shape index (κ1) is 17.9. The minimum Gasteiger partial charge on any atom is -0.459 e. The van der Waals surface area contributed by atoms with Crippen molar-refractivity contribution in [3.63, 3.8) is 0 Å². The molecule has 6 nitrogen and oxygen atoms in total. The Bertz CT molecular complexity index is 708. The second kappa shape index (κ2) is 7.15. The van der Waals surface area contributed by atoms with Crippen LogP contribution >= 0.6 is 15.9 Å². The molecule has 1 aromatic rings. The molecule has 3 rings (SSSR count). The first-order valence-corrected chi connectivity index (χ1v) is 9.26. The van der Waals surface area contributed by atoms with E-state index in [9.17, 15) is 14.4 Å². The molecule has 1 N–H and O–H groups in total. The summed E-state index contributed by atoms with van der Waals surface area (Å²) >= 11 is 3.39. The average molecular weight is 409 g/mol. The third-order valence-electron chi connectivity index (χ3n) is 5.14. The van der Waals surface area contributed by atoms with Crippen LogP contribution in [0.4, 0.5) is 4.79 Å². The zero-order chi connectivity index (χ0) is 18.0. The molecule has 1 aliphatic heterocycles. The highest BCUT2D eigenvalue weighted by molar-refractivity contribution is 9.10. The van der Waals surface area contributed by atoms with Gasteiger partial charge >= 0.3 is 12.0 Å². The van der Waals surface area contributed by atoms with Gasteiger partial charge in [0.1, 0.15) is 18.7 Å². The molecule has 134 valence electrons. The van der Waals surface area contributed by atoms with E-state index in [-0.39, 0.29) is 25.0 Å². The van der Waals surface area contributed by atoms with Crippen molar-refractivity contribution < 1.29 is 19.1 Å². The van der Waals surface area contributed by atoms with E-state index < -0.39 is 17.5 Å². The summed E-state index contributed by atoms with van der Waals surface area (Å²) in [5, 5.41) is 2.83. The van der Waals surface area contributed by atoms with E-state index in [2.05, 4.69) is 21.2 Å². The summed E-state index contributed by atoms with van der Waals surface area (Å²) < 4.78 is 6.07.